The van der Waals surface area contributed by atoms with Crippen molar-refractivity contribution in [2.75, 3.05) is 0 Å². The van der Waals surface area contributed by atoms with Gasteiger partial charge in [0.15, 0.2) is 0 Å². The maximum atomic E-state index is 2.50. The van der Waals surface area contributed by atoms with E-state index < -0.39 is 25.8 Å². The fraction of sp³-hybridized carbons (Fsp3) is 0.0769. The summed E-state index contributed by atoms with van der Waals surface area (Å²) in [6, 6.07) is 74.0. The van der Waals surface area contributed by atoms with Crippen LogP contribution in [0.25, 0.3) is 32.7 Å². The van der Waals surface area contributed by atoms with E-state index in [-0.39, 0.29) is 24.8 Å². The Kier molecular flexibility index (Phi) is 11.0. The summed E-state index contributed by atoms with van der Waals surface area (Å²) in [4.78, 5) is 0. The molecule has 2 aliphatic rings. The molecule has 0 heterocycles. The van der Waals surface area contributed by atoms with Crippen LogP contribution in [0, 0.1) is 0 Å². The van der Waals surface area contributed by atoms with Crippen molar-refractivity contribution < 1.29 is 45.2 Å². The standard InChI is InChI=1S/2C20H15.C12H10Si.2ClH.Zr/c2*1-14-13-16-8-3-5-11-18(16)20(14)19-12-6-9-15-7-2-4-10-17(15)19;1-3-7-11(8-4-1)13-12-9-5-2-6-10-12;;;/h2*2-13H,1H3;1-10H;2*1H;/q;;;;;+2/p-2. The molecular formula is C52H40Cl2SiZr. The van der Waals surface area contributed by atoms with Crippen molar-refractivity contribution in [2.24, 2.45) is 0 Å². The number of rotatable bonds is 6. The molecule has 2 atom stereocenters. The van der Waals surface area contributed by atoms with E-state index in [0.717, 1.165) is 0 Å². The molecule has 4 heteroatoms. The zero-order chi connectivity index (χ0) is 36.2. The molecular weight excluding hydrogens is 815 g/mol. The summed E-state index contributed by atoms with van der Waals surface area (Å²) in [5.74, 6) is 0. The summed E-state index contributed by atoms with van der Waals surface area (Å²) in [7, 11) is 0. The second-order valence-electron chi connectivity index (χ2n) is 14.8. The van der Waals surface area contributed by atoms with Crippen LogP contribution >= 0.6 is 0 Å². The Morgan fingerprint density at radius 3 is 1.14 bits per heavy atom. The third-order valence-electron chi connectivity index (χ3n) is 11.9. The maximum Gasteiger partial charge on any atom is -1.00 e. The van der Waals surface area contributed by atoms with Gasteiger partial charge in [0.1, 0.15) is 0 Å². The van der Waals surface area contributed by atoms with Gasteiger partial charge in [-0.2, -0.15) is 0 Å². The van der Waals surface area contributed by atoms with Crippen molar-refractivity contribution in [3.05, 3.63) is 239 Å². The Labute approximate surface area is 350 Å². The van der Waals surface area contributed by atoms with Crippen LogP contribution in [0.4, 0.5) is 0 Å². The first-order chi connectivity index (χ1) is 26.7. The van der Waals surface area contributed by atoms with E-state index in [1.54, 1.807) is 32.6 Å². The number of halogens is 2. The molecule has 0 aliphatic heterocycles. The van der Waals surface area contributed by atoms with Gasteiger partial charge in [0.05, 0.1) is 0 Å². The number of allylic oxidation sites excluding steroid dienone is 2. The zero-order valence-corrected chi connectivity index (χ0v) is 36.4. The van der Waals surface area contributed by atoms with E-state index in [2.05, 4.69) is 208 Å². The van der Waals surface area contributed by atoms with Gasteiger partial charge in [-0.15, -0.1) is 0 Å². The Morgan fingerprint density at radius 2 is 0.696 bits per heavy atom. The second-order valence-corrected chi connectivity index (χ2v) is 28.9. The molecule has 8 aromatic rings. The molecule has 0 spiro atoms. The molecule has 8 aromatic carbocycles. The fourth-order valence-corrected chi connectivity index (χ4v) is 35.1. The molecule has 0 saturated carbocycles. The van der Waals surface area contributed by atoms with E-state index >= 15 is 0 Å². The number of hydrogen-bond donors (Lipinski definition) is 0. The van der Waals surface area contributed by atoms with Gasteiger partial charge in [-0.05, 0) is 0 Å². The Bertz CT molecular complexity index is 2650. The van der Waals surface area contributed by atoms with Gasteiger partial charge < -0.3 is 24.8 Å². The topological polar surface area (TPSA) is 0 Å². The molecule has 2 unspecified atom stereocenters. The summed E-state index contributed by atoms with van der Waals surface area (Å²) in [6.07, 6.45) is 0. The van der Waals surface area contributed by atoms with Crippen LogP contribution in [-0.4, -0.2) is 5.43 Å². The van der Waals surface area contributed by atoms with E-state index in [4.69, 9.17) is 0 Å². The first kappa shape index (κ1) is 38.3. The van der Waals surface area contributed by atoms with Crippen LogP contribution < -0.4 is 35.2 Å². The van der Waals surface area contributed by atoms with Gasteiger partial charge in [0, 0.05) is 0 Å². The average molecular weight is 855 g/mol. The minimum Gasteiger partial charge on any atom is -1.00 e. The monoisotopic (exact) mass is 852 g/mol. The number of benzene rings is 8. The van der Waals surface area contributed by atoms with Gasteiger partial charge >= 0.3 is 329 Å². The first-order valence-corrected chi connectivity index (χ1v) is 27.1. The van der Waals surface area contributed by atoms with Crippen LogP contribution in [0.15, 0.2) is 205 Å². The van der Waals surface area contributed by atoms with Crippen molar-refractivity contribution in [2.45, 2.75) is 21.1 Å². The van der Waals surface area contributed by atoms with E-state index in [0.29, 0.717) is 7.25 Å². The second kappa shape index (κ2) is 16.1. The summed E-state index contributed by atoms with van der Waals surface area (Å²) < 4.78 is 0.818. The van der Waals surface area contributed by atoms with Crippen molar-refractivity contribution in [1.82, 2.24) is 0 Å². The molecule has 10 rings (SSSR count). The molecule has 0 radical (unpaired) electrons. The average Bonchev–Trinajstić information content (AvgIpc) is 3.69. The predicted octanol–water partition coefficient (Wildman–Crippen LogP) is 5.88. The van der Waals surface area contributed by atoms with E-state index in [9.17, 15) is 0 Å². The molecule has 0 amide bonds. The van der Waals surface area contributed by atoms with Crippen molar-refractivity contribution in [3.63, 3.8) is 0 Å². The van der Waals surface area contributed by atoms with Crippen LogP contribution in [-0.2, 0) is 20.4 Å². The van der Waals surface area contributed by atoms with Crippen molar-refractivity contribution in [1.29, 1.82) is 0 Å². The maximum absolute atomic E-state index is 2.89. The van der Waals surface area contributed by atoms with E-state index in [1.807, 2.05) is 0 Å². The van der Waals surface area contributed by atoms with Gasteiger partial charge in [0.2, 0.25) is 0 Å². The largest absolute Gasteiger partial charge is 1.00 e. The van der Waals surface area contributed by atoms with E-state index in [1.165, 1.54) is 54.9 Å². The third kappa shape index (κ3) is 6.32. The molecule has 0 saturated heterocycles. The van der Waals surface area contributed by atoms with Crippen molar-refractivity contribution >= 4 is 48.5 Å². The van der Waals surface area contributed by atoms with Gasteiger partial charge in [-0.1, -0.05) is 0 Å². The minimum absolute atomic E-state index is 0. The smallest absolute Gasteiger partial charge is 1.00 e. The summed E-state index contributed by atoms with van der Waals surface area (Å²) in [5, 5.41) is 8.39. The SMILES string of the molecule is CC1=C(c2cccc3ccccc23)c2ccccc2[CH]1[Zr+2]([CH]1C(C)=C(c2cccc3ccccc23)c2ccccc21)=[Si](c1ccccc1)c1ccccc1.[Cl-].[Cl-]. The Balaban J connectivity index is 0.00000220. The molecule has 270 valence electrons. The zero-order valence-electron chi connectivity index (χ0n) is 31.4. The van der Waals surface area contributed by atoms with Crippen LogP contribution in [0.2, 0.25) is 0 Å². The molecule has 56 heavy (non-hydrogen) atoms. The summed E-state index contributed by atoms with van der Waals surface area (Å²) in [6.45, 7) is 5.01. The van der Waals surface area contributed by atoms with Gasteiger partial charge in [0.25, 0.3) is 0 Å². The van der Waals surface area contributed by atoms with Crippen molar-refractivity contribution in [3.8, 4) is 0 Å². The fourth-order valence-electron chi connectivity index (χ4n) is 9.70. The quantitative estimate of drug-likeness (QED) is 0.184. The number of fused-ring (bicyclic) bond motifs is 4. The van der Waals surface area contributed by atoms with Gasteiger partial charge in [-0.3, -0.25) is 0 Å². The van der Waals surface area contributed by atoms with Gasteiger partial charge in [-0.25, -0.2) is 0 Å². The van der Waals surface area contributed by atoms with Crippen LogP contribution in [0.5, 0.6) is 0 Å². The third-order valence-corrected chi connectivity index (χ3v) is 32.9. The number of hydrogen-bond acceptors (Lipinski definition) is 0. The molecule has 2 aliphatic carbocycles. The molecule has 0 nitrogen and oxygen atoms in total. The molecule has 0 N–H and O–H groups in total. The summed E-state index contributed by atoms with van der Waals surface area (Å²) in [5.41, 5.74) is 13.5. The Morgan fingerprint density at radius 1 is 0.357 bits per heavy atom. The molecule has 0 fully saturated rings. The normalized spacial score (nSPS) is 15.4. The molecule has 0 aromatic heterocycles. The minimum atomic E-state index is -2.89. The molecule has 0 bridgehead atoms. The predicted molar refractivity (Wildman–Crippen MR) is 228 cm³/mol. The van der Waals surface area contributed by atoms with Crippen LogP contribution in [0.3, 0.4) is 0 Å². The van der Waals surface area contributed by atoms with Crippen LogP contribution in [0.1, 0.15) is 54.5 Å². The summed E-state index contributed by atoms with van der Waals surface area (Å²) >= 11 is -2.89. The first-order valence-electron chi connectivity index (χ1n) is 19.1. The Hall–Kier alpha value is -4.56.